The third-order valence-electron chi connectivity index (χ3n) is 3.52. The quantitative estimate of drug-likeness (QED) is 0.600. The number of carbonyl (C=O) groups excluding carboxylic acids is 2. The van der Waals surface area contributed by atoms with Crippen molar-refractivity contribution < 1.29 is 23.1 Å². The van der Waals surface area contributed by atoms with Gasteiger partial charge in [-0.1, -0.05) is 0 Å². The Bertz CT molecular complexity index is 1090. The van der Waals surface area contributed by atoms with E-state index in [0.717, 1.165) is 22.9 Å². The molecule has 3 rings (SSSR count). The number of ether oxygens (including phenoxy) is 1. The molecule has 0 aliphatic carbocycles. The minimum atomic E-state index is -0.839. The molecule has 0 aliphatic rings. The molecular formula is C18H13BrFN3O5. The summed E-state index contributed by atoms with van der Waals surface area (Å²) in [5.41, 5.74) is -0.829. The van der Waals surface area contributed by atoms with Crippen LogP contribution in [0.5, 0.6) is 0 Å². The van der Waals surface area contributed by atoms with Gasteiger partial charge in [-0.15, -0.1) is 0 Å². The largest absolute Gasteiger partial charge is 0.461 e. The maximum absolute atomic E-state index is 13.1. The van der Waals surface area contributed by atoms with Crippen LogP contribution in [0.25, 0.3) is 5.69 Å². The smallest absolute Gasteiger partial charge is 0.360 e. The van der Waals surface area contributed by atoms with Crippen LogP contribution in [0.15, 0.2) is 56.3 Å². The molecule has 2 heterocycles. The van der Waals surface area contributed by atoms with E-state index in [2.05, 4.69) is 26.3 Å². The number of amides is 1. The molecular weight excluding hydrogens is 437 g/mol. The summed E-state index contributed by atoms with van der Waals surface area (Å²) in [4.78, 5) is 37.1. The topological polar surface area (TPSA) is 103 Å². The van der Waals surface area contributed by atoms with Gasteiger partial charge in [0.1, 0.15) is 5.82 Å². The molecule has 8 nitrogen and oxygen atoms in total. The van der Waals surface area contributed by atoms with E-state index in [1.54, 1.807) is 6.92 Å². The fourth-order valence-electron chi connectivity index (χ4n) is 2.29. The first kappa shape index (κ1) is 19.5. The Morgan fingerprint density at radius 3 is 2.57 bits per heavy atom. The van der Waals surface area contributed by atoms with Gasteiger partial charge < -0.3 is 14.5 Å². The third-order valence-corrected chi connectivity index (χ3v) is 3.94. The summed E-state index contributed by atoms with van der Waals surface area (Å²) >= 11 is 3.08. The molecule has 0 atom stereocenters. The molecule has 0 unspecified atom stereocenters. The summed E-state index contributed by atoms with van der Waals surface area (Å²) in [6.45, 7) is 1.67. The Kier molecular flexibility index (Phi) is 5.69. The third kappa shape index (κ3) is 4.17. The molecule has 2 aromatic heterocycles. The van der Waals surface area contributed by atoms with Gasteiger partial charge in [0.2, 0.25) is 0 Å². The number of hydrogen-bond donors (Lipinski definition) is 1. The van der Waals surface area contributed by atoms with Gasteiger partial charge in [-0.3, -0.25) is 9.59 Å². The molecule has 0 bridgehead atoms. The van der Waals surface area contributed by atoms with Gasteiger partial charge in [0.15, 0.2) is 16.1 Å². The van der Waals surface area contributed by atoms with Gasteiger partial charge in [0.05, 0.1) is 18.0 Å². The van der Waals surface area contributed by atoms with Crippen molar-refractivity contribution in [2.45, 2.75) is 6.92 Å². The molecule has 10 heteroatoms. The van der Waals surface area contributed by atoms with Crippen LogP contribution in [0.4, 0.5) is 10.1 Å². The standard InChI is InChI=1S/C18H13BrFN3O5/c1-2-27-18(26)16-12(21-17(25)13-7-8-14(19)28-13)9-15(24)23(22-16)11-5-3-10(20)4-6-11/h3-9H,2H2,1H3,(H,21,25). The lowest BCUT2D eigenvalue weighted by Crippen LogP contribution is -2.27. The van der Waals surface area contributed by atoms with Crippen LogP contribution < -0.4 is 10.9 Å². The van der Waals surface area contributed by atoms with Crippen LogP contribution in [-0.4, -0.2) is 28.3 Å². The van der Waals surface area contributed by atoms with Crippen molar-refractivity contribution in [1.82, 2.24) is 9.78 Å². The molecule has 28 heavy (non-hydrogen) atoms. The minimum Gasteiger partial charge on any atom is -0.461 e. The molecule has 1 amide bonds. The molecule has 0 spiro atoms. The lowest BCUT2D eigenvalue weighted by atomic mass is 10.2. The van der Waals surface area contributed by atoms with Crippen molar-refractivity contribution in [2.24, 2.45) is 0 Å². The fourth-order valence-corrected chi connectivity index (χ4v) is 2.60. The van der Waals surface area contributed by atoms with Crippen LogP contribution in [0, 0.1) is 5.82 Å². The molecule has 1 N–H and O–H groups in total. The molecule has 0 fully saturated rings. The summed E-state index contributed by atoms with van der Waals surface area (Å²) in [6.07, 6.45) is 0. The first-order valence-electron chi connectivity index (χ1n) is 8.03. The lowest BCUT2D eigenvalue weighted by molar-refractivity contribution is 0.0518. The highest BCUT2D eigenvalue weighted by molar-refractivity contribution is 9.10. The number of benzene rings is 1. The molecule has 0 saturated carbocycles. The number of nitrogens with zero attached hydrogens (tertiary/aromatic N) is 2. The number of aromatic nitrogens is 2. The zero-order valence-corrected chi connectivity index (χ0v) is 16.0. The number of esters is 1. The molecule has 0 saturated heterocycles. The van der Waals surface area contributed by atoms with Crippen molar-refractivity contribution in [1.29, 1.82) is 0 Å². The number of furan rings is 1. The van der Waals surface area contributed by atoms with Crippen molar-refractivity contribution >= 4 is 33.5 Å². The molecule has 0 aliphatic heterocycles. The van der Waals surface area contributed by atoms with Gasteiger partial charge in [0.25, 0.3) is 11.5 Å². The normalized spacial score (nSPS) is 10.5. The van der Waals surface area contributed by atoms with E-state index in [-0.39, 0.29) is 29.4 Å². The summed E-state index contributed by atoms with van der Waals surface area (Å²) < 4.78 is 24.5. The molecule has 0 radical (unpaired) electrons. The van der Waals surface area contributed by atoms with E-state index in [1.165, 1.54) is 24.3 Å². The van der Waals surface area contributed by atoms with E-state index >= 15 is 0 Å². The summed E-state index contributed by atoms with van der Waals surface area (Å²) in [7, 11) is 0. The van der Waals surface area contributed by atoms with Crippen molar-refractivity contribution in [3.8, 4) is 5.69 Å². The second-order valence-corrected chi connectivity index (χ2v) is 6.19. The van der Waals surface area contributed by atoms with E-state index < -0.39 is 23.3 Å². The Labute approximate surface area is 166 Å². The Hall–Kier alpha value is -3.27. The second kappa shape index (κ2) is 8.17. The Balaban J connectivity index is 2.04. The predicted octanol–water partition coefficient (Wildman–Crippen LogP) is 3.16. The number of rotatable bonds is 5. The maximum atomic E-state index is 13.1. The van der Waals surface area contributed by atoms with E-state index in [9.17, 15) is 18.8 Å². The van der Waals surface area contributed by atoms with E-state index in [4.69, 9.17) is 9.15 Å². The number of halogens is 2. The lowest BCUT2D eigenvalue weighted by Gasteiger charge is -2.12. The average Bonchev–Trinajstić information content (AvgIpc) is 3.09. The zero-order valence-electron chi connectivity index (χ0n) is 14.4. The molecule has 1 aromatic carbocycles. The van der Waals surface area contributed by atoms with E-state index in [0.29, 0.717) is 4.67 Å². The zero-order chi connectivity index (χ0) is 20.3. The highest BCUT2D eigenvalue weighted by Gasteiger charge is 2.21. The molecule has 144 valence electrons. The SMILES string of the molecule is CCOC(=O)c1nn(-c2ccc(F)cc2)c(=O)cc1NC(=O)c1ccc(Br)o1. The summed E-state index contributed by atoms with van der Waals surface area (Å²) in [5.74, 6) is -2.05. The van der Waals surface area contributed by atoms with Crippen LogP contribution >= 0.6 is 15.9 Å². The summed E-state index contributed by atoms with van der Waals surface area (Å²) in [6, 6.07) is 8.92. The number of nitrogens with one attached hydrogen (secondary N) is 1. The highest BCUT2D eigenvalue weighted by Crippen LogP contribution is 2.18. The Morgan fingerprint density at radius 2 is 1.96 bits per heavy atom. The first-order chi connectivity index (χ1) is 13.4. The number of anilines is 1. The van der Waals surface area contributed by atoms with Gasteiger partial charge in [-0.25, -0.2) is 9.18 Å². The Morgan fingerprint density at radius 1 is 1.25 bits per heavy atom. The van der Waals surface area contributed by atoms with Crippen molar-refractivity contribution in [2.75, 3.05) is 11.9 Å². The predicted molar refractivity (Wildman–Crippen MR) is 100 cm³/mol. The summed E-state index contributed by atoms with van der Waals surface area (Å²) in [5, 5.41) is 6.41. The first-order valence-corrected chi connectivity index (χ1v) is 8.82. The minimum absolute atomic E-state index is 0.0376. The van der Waals surface area contributed by atoms with Gasteiger partial charge in [0, 0.05) is 6.07 Å². The van der Waals surface area contributed by atoms with Gasteiger partial charge >= 0.3 is 5.97 Å². The monoisotopic (exact) mass is 449 g/mol. The average molecular weight is 450 g/mol. The molecule has 3 aromatic rings. The van der Waals surface area contributed by atoms with Crippen LogP contribution in [0.2, 0.25) is 0 Å². The number of hydrogen-bond acceptors (Lipinski definition) is 6. The number of carbonyl (C=O) groups is 2. The van der Waals surface area contributed by atoms with Gasteiger partial charge in [-0.2, -0.15) is 9.78 Å². The van der Waals surface area contributed by atoms with Crippen molar-refractivity contribution in [3.05, 3.63) is 74.8 Å². The van der Waals surface area contributed by atoms with Crippen LogP contribution in [0.3, 0.4) is 0 Å². The maximum Gasteiger partial charge on any atom is 0.360 e. The second-order valence-electron chi connectivity index (χ2n) is 5.41. The van der Waals surface area contributed by atoms with Crippen LogP contribution in [-0.2, 0) is 4.74 Å². The van der Waals surface area contributed by atoms with Gasteiger partial charge in [-0.05, 0) is 59.3 Å². The van der Waals surface area contributed by atoms with Crippen LogP contribution in [0.1, 0.15) is 28.0 Å². The fraction of sp³-hybridized carbons (Fsp3) is 0.111. The van der Waals surface area contributed by atoms with E-state index in [1.807, 2.05) is 0 Å². The van der Waals surface area contributed by atoms with Crippen molar-refractivity contribution in [3.63, 3.8) is 0 Å². The highest BCUT2D eigenvalue weighted by atomic mass is 79.9.